The van der Waals surface area contributed by atoms with Crippen molar-refractivity contribution in [2.24, 2.45) is 0 Å². The lowest BCUT2D eigenvalue weighted by atomic mass is 10.2. The number of para-hydroxylation sites is 1. The van der Waals surface area contributed by atoms with Crippen molar-refractivity contribution in [3.8, 4) is 0 Å². The van der Waals surface area contributed by atoms with Gasteiger partial charge >= 0.3 is 0 Å². The number of halogens is 1. The van der Waals surface area contributed by atoms with Crippen molar-refractivity contribution < 1.29 is 16.8 Å². The Balaban J connectivity index is 0.00000341. The third-order valence-electron chi connectivity index (χ3n) is 4.59. The Morgan fingerprint density at radius 2 is 1.52 bits per heavy atom. The van der Waals surface area contributed by atoms with Crippen LogP contribution in [0.3, 0.4) is 0 Å². The quantitative estimate of drug-likeness (QED) is 0.527. The summed E-state index contributed by atoms with van der Waals surface area (Å²) in [4.78, 5) is 6.61. The molecule has 0 bridgehead atoms. The minimum absolute atomic E-state index is 0. The Morgan fingerprint density at radius 3 is 2.16 bits per heavy atom. The van der Waals surface area contributed by atoms with Crippen LogP contribution in [0.2, 0.25) is 0 Å². The number of nitrogens with one attached hydrogen (secondary N) is 1. The van der Waals surface area contributed by atoms with Crippen LogP contribution in [0.4, 0.5) is 11.5 Å². The molecule has 0 spiro atoms. The molecule has 0 fully saturated rings. The lowest BCUT2D eigenvalue weighted by molar-refractivity contribution is 0.473. The molecule has 0 unspecified atom stereocenters. The molecule has 0 aliphatic rings. The van der Waals surface area contributed by atoms with E-state index >= 15 is 0 Å². The van der Waals surface area contributed by atoms with E-state index in [1.54, 1.807) is 0 Å². The second-order valence-corrected chi connectivity index (χ2v) is 10.8. The molecule has 1 heterocycles. The zero-order chi connectivity index (χ0) is 21.9. The maximum absolute atomic E-state index is 12.8. The van der Waals surface area contributed by atoms with Crippen LogP contribution >= 0.6 is 12.4 Å². The molecule has 0 saturated heterocycles. The van der Waals surface area contributed by atoms with E-state index in [1.165, 1.54) is 35.6 Å². The number of benzene rings is 2. The number of hydrogen-bond acceptors (Lipinski definition) is 6. The van der Waals surface area contributed by atoms with Gasteiger partial charge in [-0.1, -0.05) is 18.2 Å². The summed E-state index contributed by atoms with van der Waals surface area (Å²) < 4.78 is 51.8. The topological polar surface area (TPSA) is 99.7 Å². The molecule has 2 aromatic carbocycles. The van der Waals surface area contributed by atoms with Crippen molar-refractivity contribution in [2.45, 2.75) is 4.90 Å². The highest BCUT2D eigenvalue weighted by Gasteiger charge is 2.21. The number of pyridine rings is 1. The number of aromatic nitrogens is 1. The van der Waals surface area contributed by atoms with Crippen LogP contribution in [0, 0.1) is 0 Å². The molecule has 31 heavy (non-hydrogen) atoms. The minimum Gasteiger partial charge on any atom is -0.358 e. The Hall–Kier alpha value is -2.40. The standard InChI is InChI=1S/C20H24N4O4S2.ClH/c1-23(20-13-8-16-6-4-5-7-19(16)21-20)14-15-24(2)30(27,28)18-11-9-17(10-12-18)22-29(3,25)26;/h4-13,22H,14-15H2,1-3H3;1H. The van der Waals surface area contributed by atoms with Crippen molar-refractivity contribution in [1.82, 2.24) is 9.29 Å². The van der Waals surface area contributed by atoms with Gasteiger partial charge < -0.3 is 4.90 Å². The highest BCUT2D eigenvalue weighted by Crippen LogP contribution is 2.19. The van der Waals surface area contributed by atoms with Crippen LogP contribution in [0.1, 0.15) is 0 Å². The zero-order valence-electron chi connectivity index (χ0n) is 17.4. The molecule has 0 aliphatic carbocycles. The molecular weight excluding hydrogens is 460 g/mol. The third kappa shape index (κ3) is 6.30. The first-order chi connectivity index (χ1) is 14.1. The lowest BCUT2D eigenvalue weighted by Crippen LogP contribution is -2.35. The van der Waals surface area contributed by atoms with E-state index < -0.39 is 20.0 Å². The average Bonchev–Trinajstić information content (AvgIpc) is 2.70. The summed E-state index contributed by atoms with van der Waals surface area (Å²) in [7, 11) is -3.75. The molecule has 3 aromatic rings. The molecule has 1 aromatic heterocycles. The largest absolute Gasteiger partial charge is 0.358 e. The molecule has 0 atom stereocenters. The number of fused-ring (bicyclic) bond motifs is 1. The predicted molar refractivity (Wildman–Crippen MR) is 127 cm³/mol. The molecule has 0 aliphatic heterocycles. The molecule has 0 saturated carbocycles. The summed E-state index contributed by atoms with van der Waals surface area (Å²) in [5.41, 5.74) is 1.19. The summed E-state index contributed by atoms with van der Waals surface area (Å²) >= 11 is 0. The van der Waals surface area contributed by atoms with Gasteiger partial charge in [0.1, 0.15) is 5.82 Å². The van der Waals surface area contributed by atoms with Crippen LogP contribution < -0.4 is 9.62 Å². The molecule has 11 heteroatoms. The first-order valence-electron chi connectivity index (χ1n) is 9.17. The SMILES string of the molecule is CN(CCN(C)S(=O)(=O)c1ccc(NS(C)(=O)=O)cc1)c1ccc2ccccc2n1.Cl. The summed E-state index contributed by atoms with van der Waals surface area (Å²) in [6.45, 7) is 0.714. The van der Waals surface area contributed by atoms with Crippen molar-refractivity contribution >= 4 is 54.9 Å². The average molecular weight is 485 g/mol. The minimum atomic E-state index is -3.70. The van der Waals surface area contributed by atoms with Gasteiger partial charge in [0.15, 0.2) is 0 Å². The van der Waals surface area contributed by atoms with Crippen molar-refractivity contribution in [3.05, 3.63) is 60.7 Å². The van der Waals surface area contributed by atoms with Crippen molar-refractivity contribution in [2.75, 3.05) is 43.1 Å². The van der Waals surface area contributed by atoms with E-state index in [9.17, 15) is 16.8 Å². The lowest BCUT2D eigenvalue weighted by Gasteiger charge is -2.23. The molecule has 0 amide bonds. The maximum Gasteiger partial charge on any atom is 0.242 e. The van der Waals surface area contributed by atoms with Gasteiger partial charge in [-0.3, -0.25) is 4.72 Å². The van der Waals surface area contributed by atoms with Gasteiger partial charge in [0.05, 0.1) is 16.7 Å². The maximum atomic E-state index is 12.8. The smallest absolute Gasteiger partial charge is 0.242 e. The van der Waals surface area contributed by atoms with Gasteiger partial charge in [-0.2, -0.15) is 4.31 Å². The highest BCUT2D eigenvalue weighted by molar-refractivity contribution is 7.92. The fraction of sp³-hybridized carbons (Fsp3) is 0.250. The van der Waals surface area contributed by atoms with Crippen LogP contribution in [-0.2, 0) is 20.0 Å². The van der Waals surface area contributed by atoms with Gasteiger partial charge in [-0.15, -0.1) is 12.4 Å². The van der Waals surface area contributed by atoms with Gasteiger partial charge in [0.2, 0.25) is 20.0 Å². The summed E-state index contributed by atoms with van der Waals surface area (Å²) in [6, 6.07) is 17.3. The van der Waals surface area contributed by atoms with Gasteiger partial charge in [-0.05, 0) is 42.5 Å². The van der Waals surface area contributed by atoms with Gasteiger partial charge in [-0.25, -0.2) is 21.8 Å². The first-order valence-corrected chi connectivity index (χ1v) is 12.5. The molecule has 8 nitrogen and oxygen atoms in total. The second-order valence-electron chi connectivity index (χ2n) is 7.01. The number of nitrogens with zero attached hydrogens (tertiary/aromatic N) is 3. The summed E-state index contributed by atoms with van der Waals surface area (Å²) in [6.07, 6.45) is 1.03. The van der Waals surface area contributed by atoms with Gasteiger partial charge in [0, 0.05) is 38.3 Å². The van der Waals surface area contributed by atoms with E-state index in [2.05, 4.69) is 9.71 Å². The van der Waals surface area contributed by atoms with E-state index in [4.69, 9.17) is 0 Å². The number of anilines is 2. The predicted octanol–water partition coefficient (Wildman–Crippen LogP) is 2.79. The Morgan fingerprint density at radius 1 is 0.871 bits per heavy atom. The highest BCUT2D eigenvalue weighted by atomic mass is 35.5. The summed E-state index contributed by atoms with van der Waals surface area (Å²) in [5, 5.41) is 1.04. The van der Waals surface area contributed by atoms with E-state index in [0.717, 1.165) is 23.0 Å². The fourth-order valence-electron chi connectivity index (χ4n) is 2.88. The zero-order valence-corrected chi connectivity index (χ0v) is 19.8. The van der Waals surface area contributed by atoms with Crippen LogP contribution in [0.15, 0.2) is 65.6 Å². The monoisotopic (exact) mass is 484 g/mol. The van der Waals surface area contributed by atoms with Crippen molar-refractivity contribution in [3.63, 3.8) is 0 Å². The molecule has 168 valence electrons. The van der Waals surface area contributed by atoms with Crippen LogP contribution in [0.5, 0.6) is 0 Å². The second kappa shape index (κ2) is 9.82. The first kappa shape index (κ1) is 24.9. The van der Waals surface area contributed by atoms with Crippen LogP contribution in [-0.4, -0.2) is 59.6 Å². The molecule has 0 radical (unpaired) electrons. The number of hydrogen-bond donors (Lipinski definition) is 1. The van der Waals surface area contributed by atoms with E-state index in [1.807, 2.05) is 48.3 Å². The van der Waals surface area contributed by atoms with E-state index in [-0.39, 0.29) is 23.8 Å². The van der Waals surface area contributed by atoms with E-state index in [0.29, 0.717) is 12.2 Å². The molecule has 1 N–H and O–H groups in total. The molecular formula is C20H25ClN4O4S2. The number of likely N-dealkylation sites (N-methyl/N-ethyl adjacent to an activating group) is 2. The molecule has 3 rings (SSSR count). The Kier molecular flexibility index (Phi) is 7.87. The normalized spacial score (nSPS) is 11.9. The Bertz CT molecular complexity index is 1250. The van der Waals surface area contributed by atoms with Crippen LogP contribution in [0.25, 0.3) is 10.9 Å². The van der Waals surface area contributed by atoms with Crippen molar-refractivity contribution in [1.29, 1.82) is 0 Å². The third-order valence-corrected chi connectivity index (χ3v) is 7.07. The number of sulfonamides is 2. The number of rotatable bonds is 8. The summed E-state index contributed by atoms with van der Waals surface area (Å²) in [5.74, 6) is 0.760. The Labute approximate surface area is 189 Å². The fourth-order valence-corrected chi connectivity index (χ4v) is 4.61. The van der Waals surface area contributed by atoms with Gasteiger partial charge in [0.25, 0.3) is 0 Å².